The second-order valence-electron chi connectivity index (χ2n) is 2.96. The summed E-state index contributed by atoms with van der Waals surface area (Å²) >= 11 is 0. The zero-order valence-electron chi connectivity index (χ0n) is 7.71. The fourth-order valence-electron chi connectivity index (χ4n) is 1.19. The highest BCUT2D eigenvalue weighted by Crippen LogP contribution is 2.24. The van der Waals surface area contributed by atoms with Crippen molar-refractivity contribution in [3.8, 4) is 5.75 Å². The van der Waals surface area contributed by atoms with E-state index in [9.17, 15) is 14.9 Å². The van der Waals surface area contributed by atoms with Gasteiger partial charge in [-0.25, -0.2) is 0 Å². The van der Waals surface area contributed by atoms with Crippen molar-refractivity contribution in [1.29, 1.82) is 0 Å². The van der Waals surface area contributed by atoms with Gasteiger partial charge in [-0.2, -0.15) is 0 Å². The van der Waals surface area contributed by atoms with Gasteiger partial charge in [0.05, 0.1) is 4.92 Å². The number of rotatable bonds is 4. The monoisotopic (exact) mass is 211 g/mol. The molecular formula is C9H9NO5. The molecule has 0 saturated heterocycles. The van der Waals surface area contributed by atoms with E-state index in [1.165, 1.54) is 12.1 Å². The van der Waals surface area contributed by atoms with Crippen LogP contribution in [0.25, 0.3) is 0 Å². The van der Waals surface area contributed by atoms with Crippen LogP contribution in [0, 0.1) is 10.1 Å². The van der Waals surface area contributed by atoms with Crippen LogP contribution in [0.15, 0.2) is 18.2 Å². The van der Waals surface area contributed by atoms with E-state index in [-0.39, 0.29) is 29.8 Å². The quantitative estimate of drug-likeness (QED) is 0.577. The molecule has 0 fully saturated rings. The summed E-state index contributed by atoms with van der Waals surface area (Å²) in [4.78, 5) is 20.3. The van der Waals surface area contributed by atoms with Crippen LogP contribution < -0.4 is 0 Å². The predicted molar refractivity (Wildman–Crippen MR) is 50.7 cm³/mol. The van der Waals surface area contributed by atoms with E-state index in [1.807, 2.05) is 0 Å². The first-order valence-corrected chi connectivity index (χ1v) is 4.19. The van der Waals surface area contributed by atoms with Crippen molar-refractivity contribution in [2.75, 3.05) is 0 Å². The minimum Gasteiger partial charge on any atom is -0.508 e. The fraction of sp³-hybridized carbons (Fsp3) is 0.222. The highest BCUT2D eigenvalue weighted by molar-refractivity contribution is 5.67. The Kier molecular flexibility index (Phi) is 3.22. The van der Waals surface area contributed by atoms with Gasteiger partial charge in [0, 0.05) is 18.1 Å². The maximum atomic E-state index is 10.6. The lowest BCUT2D eigenvalue weighted by Crippen LogP contribution is -2.00. The van der Waals surface area contributed by atoms with Crippen LogP contribution in [0.1, 0.15) is 12.0 Å². The lowest BCUT2D eigenvalue weighted by Gasteiger charge is -2.01. The largest absolute Gasteiger partial charge is 0.508 e. The molecular weight excluding hydrogens is 202 g/mol. The summed E-state index contributed by atoms with van der Waals surface area (Å²) in [6, 6.07) is 3.57. The first-order valence-electron chi connectivity index (χ1n) is 4.19. The van der Waals surface area contributed by atoms with Gasteiger partial charge in [-0.05, 0) is 18.6 Å². The number of nitro benzene ring substituents is 1. The van der Waals surface area contributed by atoms with Gasteiger partial charge in [-0.1, -0.05) is 0 Å². The van der Waals surface area contributed by atoms with Gasteiger partial charge in [0.25, 0.3) is 5.69 Å². The summed E-state index contributed by atoms with van der Waals surface area (Å²) in [6.07, 6.45) is -0.176. The molecule has 0 aliphatic rings. The molecule has 80 valence electrons. The summed E-state index contributed by atoms with van der Waals surface area (Å²) in [5, 5.41) is 28.1. The molecule has 0 radical (unpaired) electrons. The van der Waals surface area contributed by atoms with Crippen LogP contribution in [0.5, 0.6) is 5.75 Å². The second-order valence-corrected chi connectivity index (χ2v) is 2.96. The number of aliphatic carboxylic acids is 1. The number of carboxylic acids is 1. The van der Waals surface area contributed by atoms with E-state index in [0.29, 0.717) is 0 Å². The van der Waals surface area contributed by atoms with Crippen molar-refractivity contribution in [2.45, 2.75) is 12.8 Å². The van der Waals surface area contributed by atoms with Gasteiger partial charge in [-0.3, -0.25) is 14.9 Å². The number of phenolic OH excluding ortho intramolecular Hbond substituents is 1. The number of hydrogen-bond donors (Lipinski definition) is 2. The first kappa shape index (κ1) is 11.0. The van der Waals surface area contributed by atoms with E-state index >= 15 is 0 Å². The molecule has 0 bridgehead atoms. The summed E-state index contributed by atoms with van der Waals surface area (Å²) in [7, 11) is 0. The van der Waals surface area contributed by atoms with E-state index in [2.05, 4.69) is 0 Å². The summed E-state index contributed by atoms with van der Waals surface area (Å²) in [6.45, 7) is 0. The Morgan fingerprint density at radius 1 is 1.47 bits per heavy atom. The number of aryl methyl sites for hydroxylation is 1. The van der Waals surface area contributed by atoms with Crippen LogP contribution in [-0.4, -0.2) is 21.1 Å². The summed E-state index contributed by atoms with van der Waals surface area (Å²) in [5.74, 6) is -1.14. The third kappa shape index (κ3) is 2.94. The van der Waals surface area contributed by atoms with Crippen LogP contribution in [0.2, 0.25) is 0 Å². The van der Waals surface area contributed by atoms with Crippen molar-refractivity contribution in [2.24, 2.45) is 0 Å². The molecule has 6 nitrogen and oxygen atoms in total. The molecule has 0 aliphatic heterocycles. The molecule has 0 unspecified atom stereocenters. The maximum absolute atomic E-state index is 10.6. The van der Waals surface area contributed by atoms with Crippen LogP contribution >= 0.6 is 0 Å². The highest BCUT2D eigenvalue weighted by atomic mass is 16.6. The summed E-state index contributed by atoms with van der Waals surface area (Å²) < 4.78 is 0. The van der Waals surface area contributed by atoms with E-state index in [1.54, 1.807) is 0 Å². The molecule has 0 spiro atoms. The van der Waals surface area contributed by atoms with Crippen molar-refractivity contribution in [3.63, 3.8) is 0 Å². The number of carbonyl (C=O) groups is 1. The first-order chi connectivity index (χ1) is 7.00. The van der Waals surface area contributed by atoms with Crippen LogP contribution in [0.3, 0.4) is 0 Å². The number of phenols is 1. The van der Waals surface area contributed by atoms with Crippen LogP contribution in [-0.2, 0) is 11.2 Å². The Morgan fingerprint density at radius 3 is 2.67 bits per heavy atom. The number of benzene rings is 1. The maximum Gasteiger partial charge on any atom is 0.303 e. The van der Waals surface area contributed by atoms with Crippen LogP contribution in [0.4, 0.5) is 5.69 Å². The standard InChI is InChI=1S/C9H9NO5/c11-7-2-3-8(10(14)15)6(5-7)1-4-9(12)13/h2-3,5,11H,1,4H2,(H,12,13). The molecule has 1 rings (SSSR count). The topological polar surface area (TPSA) is 101 Å². The normalized spacial score (nSPS) is 9.87. The van der Waals surface area contributed by atoms with E-state index in [4.69, 9.17) is 10.2 Å². The zero-order chi connectivity index (χ0) is 11.4. The molecule has 0 heterocycles. The van der Waals surface area contributed by atoms with E-state index in [0.717, 1.165) is 6.07 Å². The van der Waals surface area contributed by atoms with Gasteiger partial charge in [0.2, 0.25) is 0 Å². The van der Waals surface area contributed by atoms with Crippen molar-refractivity contribution < 1.29 is 19.9 Å². The molecule has 2 N–H and O–H groups in total. The summed E-state index contributed by atoms with van der Waals surface area (Å²) in [5.41, 5.74) is 0.0523. The van der Waals surface area contributed by atoms with Gasteiger partial charge >= 0.3 is 5.97 Å². The molecule has 1 aromatic rings. The number of carboxylic acid groups (broad SMARTS) is 1. The molecule has 0 amide bonds. The number of hydrogen-bond acceptors (Lipinski definition) is 4. The SMILES string of the molecule is O=C(O)CCc1cc(O)ccc1[N+](=O)[O-]. The van der Waals surface area contributed by atoms with Crippen molar-refractivity contribution in [1.82, 2.24) is 0 Å². The minimum absolute atomic E-state index is 0.0278. The zero-order valence-corrected chi connectivity index (χ0v) is 7.71. The fourth-order valence-corrected chi connectivity index (χ4v) is 1.19. The average Bonchev–Trinajstić information content (AvgIpc) is 2.14. The Hall–Kier alpha value is -2.11. The Balaban J connectivity index is 2.96. The van der Waals surface area contributed by atoms with Gasteiger partial charge in [0.1, 0.15) is 5.75 Å². The molecule has 0 aromatic heterocycles. The van der Waals surface area contributed by atoms with Gasteiger partial charge in [-0.15, -0.1) is 0 Å². The lowest BCUT2D eigenvalue weighted by molar-refractivity contribution is -0.385. The molecule has 0 aliphatic carbocycles. The third-order valence-electron chi connectivity index (χ3n) is 1.87. The molecule has 6 heteroatoms. The predicted octanol–water partition coefficient (Wildman–Crippen LogP) is 1.32. The lowest BCUT2D eigenvalue weighted by atomic mass is 10.1. The number of nitrogens with zero attached hydrogens (tertiary/aromatic N) is 1. The highest BCUT2D eigenvalue weighted by Gasteiger charge is 2.14. The second kappa shape index (κ2) is 4.41. The molecule has 0 atom stereocenters. The Bertz CT molecular complexity index is 401. The Morgan fingerprint density at radius 2 is 2.13 bits per heavy atom. The minimum atomic E-state index is -1.03. The average molecular weight is 211 g/mol. The smallest absolute Gasteiger partial charge is 0.303 e. The van der Waals surface area contributed by atoms with Gasteiger partial charge < -0.3 is 10.2 Å². The number of nitro groups is 1. The van der Waals surface area contributed by atoms with E-state index < -0.39 is 10.9 Å². The molecule has 0 saturated carbocycles. The third-order valence-corrected chi connectivity index (χ3v) is 1.87. The van der Waals surface area contributed by atoms with Crippen molar-refractivity contribution >= 4 is 11.7 Å². The Labute approximate surface area is 84.9 Å². The number of aromatic hydroxyl groups is 1. The van der Waals surface area contributed by atoms with Gasteiger partial charge in [0.15, 0.2) is 0 Å². The molecule has 1 aromatic carbocycles. The van der Waals surface area contributed by atoms with Crippen molar-refractivity contribution in [3.05, 3.63) is 33.9 Å². The molecule has 15 heavy (non-hydrogen) atoms.